The molecule has 5 heterocycles. The van der Waals surface area contributed by atoms with Crippen LogP contribution in [0.2, 0.25) is 0 Å². The van der Waals surface area contributed by atoms with Gasteiger partial charge in [-0.25, -0.2) is 9.97 Å². The topological polar surface area (TPSA) is 58.5 Å². The quantitative estimate of drug-likeness (QED) is 0.172. The third kappa shape index (κ3) is 4.86. The third-order valence-electron chi connectivity index (χ3n) is 9.94. The summed E-state index contributed by atoms with van der Waals surface area (Å²) in [6.07, 6.45) is 3.95. The Hall–Kier alpha value is -6.96. The Morgan fingerprint density at radius 1 is 0.358 bits per heavy atom. The van der Waals surface area contributed by atoms with E-state index in [0.717, 1.165) is 98.4 Å². The van der Waals surface area contributed by atoms with Gasteiger partial charge in [0.25, 0.3) is 0 Å². The zero-order chi connectivity index (χ0) is 34.9. The zero-order valence-corrected chi connectivity index (χ0v) is 29.0. The van der Waals surface area contributed by atoms with Gasteiger partial charge in [0.15, 0.2) is 0 Å². The molecule has 0 amide bonds. The van der Waals surface area contributed by atoms with Crippen molar-refractivity contribution in [1.29, 1.82) is 0 Å². The summed E-state index contributed by atoms with van der Waals surface area (Å²) in [5, 5.41) is 6.55. The van der Waals surface area contributed by atoms with E-state index in [1.807, 2.05) is 60.9 Å². The Kier molecular flexibility index (Phi) is 6.62. The van der Waals surface area contributed by atoms with E-state index in [-0.39, 0.29) is 0 Å². The monoisotopic (exact) mass is 700 g/mol. The molecule has 7 heteroatoms. The summed E-state index contributed by atoms with van der Waals surface area (Å²) in [5.74, 6) is 1.65. The van der Waals surface area contributed by atoms with Gasteiger partial charge in [0.05, 0.1) is 11.4 Å². The highest BCUT2D eigenvalue weighted by Crippen LogP contribution is 2.43. The van der Waals surface area contributed by atoms with Crippen LogP contribution in [0.5, 0.6) is 0 Å². The van der Waals surface area contributed by atoms with E-state index in [4.69, 9.17) is 18.8 Å². The Morgan fingerprint density at radius 2 is 0.774 bits per heavy atom. The third-order valence-corrected chi connectivity index (χ3v) is 11.1. The van der Waals surface area contributed by atoms with Crippen LogP contribution in [-0.2, 0) is 0 Å². The Bertz CT molecular complexity index is 2940. The highest BCUT2D eigenvalue weighted by molar-refractivity contribution is 7.25. The normalized spacial score (nSPS) is 11.8. The van der Waals surface area contributed by atoms with Crippen molar-refractivity contribution in [3.05, 3.63) is 170 Å². The van der Waals surface area contributed by atoms with Gasteiger partial charge in [-0.15, -0.1) is 11.3 Å². The van der Waals surface area contributed by atoms with E-state index < -0.39 is 0 Å². The number of anilines is 6. The molecular weight excluding hydrogens is 673 g/mol. The van der Waals surface area contributed by atoms with E-state index in [9.17, 15) is 0 Å². The molecule has 0 saturated carbocycles. The number of fused-ring (bicyclic) bond motifs is 9. The van der Waals surface area contributed by atoms with Crippen molar-refractivity contribution >= 4 is 110 Å². The number of hydrogen-bond acceptors (Lipinski definition) is 7. The molecule has 6 nitrogen and oxygen atoms in total. The molecule has 0 fully saturated rings. The smallest absolute Gasteiger partial charge is 0.138 e. The van der Waals surface area contributed by atoms with Crippen LogP contribution >= 0.6 is 11.3 Å². The molecule has 0 spiro atoms. The van der Waals surface area contributed by atoms with Crippen LogP contribution in [0.25, 0.3) is 64.0 Å². The van der Waals surface area contributed by atoms with Gasteiger partial charge in [0.2, 0.25) is 0 Å². The average molecular weight is 701 g/mol. The van der Waals surface area contributed by atoms with E-state index in [1.54, 1.807) is 11.3 Å². The summed E-state index contributed by atoms with van der Waals surface area (Å²) in [5.41, 5.74) is 7.41. The maximum atomic E-state index is 6.29. The van der Waals surface area contributed by atoms with Crippen molar-refractivity contribution < 1.29 is 8.83 Å². The summed E-state index contributed by atoms with van der Waals surface area (Å²) < 4.78 is 14.8. The number of pyridine rings is 2. The molecule has 6 aromatic carbocycles. The van der Waals surface area contributed by atoms with Gasteiger partial charge in [-0.1, -0.05) is 72.8 Å². The van der Waals surface area contributed by atoms with E-state index in [2.05, 4.69) is 119 Å². The first-order chi connectivity index (χ1) is 26.2. The minimum absolute atomic E-state index is 0.823. The minimum Gasteiger partial charge on any atom is -0.456 e. The first-order valence-electron chi connectivity index (χ1n) is 17.5. The molecule has 11 aromatic rings. The molecule has 0 aliphatic carbocycles. The van der Waals surface area contributed by atoms with Gasteiger partial charge in [-0.05, 0) is 72.8 Å². The molecule has 53 heavy (non-hydrogen) atoms. The van der Waals surface area contributed by atoms with Crippen molar-refractivity contribution in [2.45, 2.75) is 0 Å². The first kappa shape index (κ1) is 29.7. The highest BCUT2D eigenvalue weighted by atomic mass is 32.1. The van der Waals surface area contributed by atoms with Gasteiger partial charge in [-0.2, -0.15) is 0 Å². The van der Waals surface area contributed by atoms with Gasteiger partial charge >= 0.3 is 0 Å². The second kappa shape index (κ2) is 11.8. The zero-order valence-electron chi connectivity index (χ0n) is 28.2. The van der Waals surface area contributed by atoms with Crippen LogP contribution in [0.1, 0.15) is 0 Å². The largest absolute Gasteiger partial charge is 0.456 e. The molecule has 11 rings (SSSR count). The lowest BCUT2D eigenvalue weighted by Crippen LogP contribution is -2.11. The Balaban J connectivity index is 1.03. The van der Waals surface area contributed by atoms with Crippen LogP contribution in [0.15, 0.2) is 179 Å². The van der Waals surface area contributed by atoms with Crippen LogP contribution in [0, 0.1) is 0 Å². The molecule has 0 N–H and O–H groups in total. The SMILES string of the molecule is c1ccc(N(c2ccc3c(c2)oc2ccccc23)c2cc3sc4cc(N(c5ccccc5)c5ccc6c(c5)oc5ccccc56)ncc4c3cn2)cc1. The van der Waals surface area contributed by atoms with Gasteiger partial charge in [0.1, 0.15) is 34.0 Å². The summed E-state index contributed by atoms with van der Waals surface area (Å²) in [6.45, 7) is 0. The van der Waals surface area contributed by atoms with Gasteiger partial charge in [0, 0.05) is 77.6 Å². The predicted octanol–water partition coefficient (Wildman–Crippen LogP) is 13.6. The molecule has 0 aliphatic heterocycles. The van der Waals surface area contributed by atoms with Crippen molar-refractivity contribution in [2.75, 3.05) is 9.80 Å². The van der Waals surface area contributed by atoms with Crippen LogP contribution in [0.4, 0.5) is 34.4 Å². The maximum absolute atomic E-state index is 6.29. The standard InChI is InChI=1S/C46H28N4O2S/c1-3-11-29(12-4-1)49(31-19-21-35-33-15-7-9-17-39(33)51-41(35)23-31)45-25-43-37(27-47-45)38-28-48-46(26-44(38)53-43)50(30-13-5-2-6-14-30)32-20-22-36-34-16-8-10-18-40(34)52-42(36)24-32/h1-28H. The number of nitrogens with zero attached hydrogens (tertiary/aromatic N) is 4. The predicted molar refractivity (Wildman–Crippen MR) is 219 cm³/mol. The van der Waals surface area contributed by atoms with Crippen LogP contribution in [-0.4, -0.2) is 9.97 Å². The fourth-order valence-electron chi connectivity index (χ4n) is 7.48. The molecule has 0 aliphatic rings. The maximum Gasteiger partial charge on any atom is 0.138 e. The minimum atomic E-state index is 0.823. The van der Waals surface area contributed by atoms with Crippen molar-refractivity contribution in [1.82, 2.24) is 9.97 Å². The summed E-state index contributed by atoms with van der Waals surface area (Å²) in [4.78, 5) is 14.5. The number of para-hydroxylation sites is 4. The average Bonchev–Trinajstić information content (AvgIpc) is 3.89. The molecule has 0 bridgehead atoms. The van der Waals surface area contributed by atoms with E-state index >= 15 is 0 Å². The van der Waals surface area contributed by atoms with Gasteiger partial charge in [-0.3, -0.25) is 9.80 Å². The number of furan rings is 2. The second-order valence-corrected chi connectivity index (χ2v) is 14.2. The summed E-state index contributed by atoms with van der Waals surface area (Å²) >= 11 is 1.75. The summed E-state index contributed by atoms with van der Waals surface area (Å²) in [7, 11) is 0. The number of thiophene rings is 1. The van der Waals surface area contributed by atoms with Crippen LogP contribution in [0.3, 0.4) is 0 Å². The van der Waals surface area contributed by atoms with E-state index in [0.29, 0.717) is 0 Å². The molecular formula is C46H28N4O2S. The van der Waals surface area contributed by atoms with Crippen LogP contribution < -0.4 is 9.80 Å². The number of aromatic nitrogens is 2. The molecule has 0 radical (unpaired) electrons. The van der Waals surface area contributed by atoms with Crippen molar-refractivity contribution in [3.63, 3.8) is 0 Å². The fourth-order valence-corrected chi connectivity index (χ4v) is 8.59. The summed E-state index contributed by atoms with van der Waals surface area (Å²) in [6, 6.07) is 54.2. The number of benzene rings is 6. The molecule has 0 saturated heterocycles. The molecule has 0 atom stereocenters. The molecule has 0 unspecified atom stereocenters. The van der Waals surface area contributed by atoms with E-state index in [1.165, 1.54) is 0 Å². The number of hydrogen-bond donors (Lipinski definition) is 0. The molecule has 250 valence electrons. The molecule has 5 aromatic heterocycles. The fraction of sp³-hybridized carbons (Fsp3) is 0. The Labute approximate surface area is 307 Å². The lowest BCUT2D eigenvalue weighted by Gasteiger charge is -2.24. The second-order valence-electron chi connectivity index (χ2n) is 13.1. The highest BCUT2D eigenvalue weighted by Gasteiger charge is 2.20. The Morgan fingerprint density at radius 3 is 1.25 bits per heavy atom. The number of rotatable bonds is 6. The van der Waals surface area contributed by atoms with Crippen molar-refractivity contribution in [3.8, 4) is 0 Å². The first-order valence-corrected chi connectivity index (χ1v) is 18.3. The lowest BCUT2D eigenvalue weighted by atomic mass is 10.1. The lowest BCUT2D eigenvalue weighted by molar-refractivity contribution is 0.668. The van der Waals surface area contributed by atoms with Gasteiger partial charge < -0.3 is 8.83 Å². The van der Waals surface area contributed by atoms with Crippen molar-refractivity contribution in [2.24, 2.45) is 0 Å².